The predicted molar refractivity (Wildman–Crippen MR) is 83.4 cm³/mol. The molecule has 0 spiro atoms. The smallest absolute Gasteiger partial charge is 0.157 e. The Bertz CT molecular complexity index is 703. The maximum atomic E-state index is 10.9. The van der Waals surface area contributed by atoms with Gasteiger partial charge in [-0.25, -0.2) is 14.2 Å². The molecule has 0 saturated carbocycles. The number of aryl methyl sites for hydroxylation is 1. The van der Waals surface area contributed by atoms with Gasteiger partial charge in [-0.3, -0.25) is 0 Å². The highest BCUT2D eigenvalue weighted by Gasteiger charge is 2.22. The molecule has 0 saturated heterocycles. The van der Waals surface area contributed by atoms with E-state index in [1.807, 2.05) is 25.1 Å². The average molecular weight is 324 g/mol. The molecule has 3 rings (SSSR count). The van der Waals surface area contributed by atoms with E-state index >= 15 is 0 Å². The summed E-state index contributed by atoms with van der Waals surface area (Å²) in [5, 5.41) is 0.429. The van der Waals surface area contributed by atoms with Gasteiger partial charge in [0.05, 0.1) is 5.75 Å². The SMILES string of the molecule is Cc1nc(Cl)cc(N2CCc3cc(CS(=O)O)ccc32)n1. The number of anilines is 2. The van der Waals surface area contributed by atoms with Crippen molar-refractivity contribution in [3.63, 3.8) is 0 Å². The summed E-state index contributed by atoms with van der Waals surface area (Å²) in [6, 6.07) is 7.58. The molecule has 1 aliphatic rings. The molecule has 0 fully saturated rings. The molecule has 1 aromatic carbocycles. The van der Waals surface area contributed by atoms with Gasteiger partial charge >= 0.3 is 0 Å². The van der Waals surface area contributed by atoms with Crippen LogP contribution in [0, 0.1) is 6.92 Å². The van der Waals surface area contributed by atoms with E-state index in [1.165, 1.54) is 0 Å². The Balaban J connectivity index is 1.95. The Morgan fingerprint density at radius 1 is 1.38 bits per heavy atom. The molecule has 0 aliphatic carbocycles. The zero-order chi connectivity index (χ0) is 15.0. The van der Waals surface area contributed by atoms with Gasteiger partial charge in [0.25, 0.3) is 0 Å². The summed E-state index contributed by atoms with van der Waals surface area (Å²) in [5.74, 6) is 1.58. The molecular weight excluding hydrogens is 310 g/mol. The minimum atomic E-state index is -1.82. The second-order valence-electron chi connectivity index (χ2n) is 4.93. The Morgan fingerprint density at radius 2 is 2.19 bits per heavy atom. The number of hydrogen-bond donors (Lipinski definition) is 1. The third kappa shape index (κ3) is 3.07. The van der Waals surface area contributed by atoms with Crippen LogP contribution in [0.4, 0.5) is 11.5 Å². The third-order valence-electron chi connectivity index (χ3n) is 3.40. The highest BCUT2D eigenvalue weighted by Crippen LogP contribution is 2.34. The fraction of sp³-hybridized carbons (Fsp3) is 0.286. The lowest BCUT2D eigenvalue weighted by Crippen LogP contribution is -2.15. The van der Waals surface area contributed by atoms with Crippen molar-refractivity contribution in [3.8, 4) is 0 Å². The van der Waals surface area contributed by atoms with Gasteiger partial charge in [-0.05, 0) is 30.5 Å². The van der Waals surface area contributed by atoms with Gasteiger partial charge in [0.15, 0.2) is 11.1 Å². The van der Waals surface area contributed by atoms with Crippen LogP contribution in [0.1, 0.15) is 17.0 Å². The number of halogens is 1. The van der Waals surface area contributed by atoms with Crippen molar-refractivity contribution < 1.29 is 8.76 Å². The van der Waals surface area contributed by atoms with Crippen LogP contribution in [0.15, 0.2) is 24.3 Å². The topological polar surface area (TPSA) is 66.3 Å². The fourth-order valence-corrected chi connectivity index (χ4v) is 3.26. The highest BCUT2D eigenvalue weighted by atomic mass is 35.5. The molecule has 1 aliphatic heterocycles. The number of nitrogens with zero attached hydrogens (tertiary/aromatic N) is 3. The second-order valence-corrected chi connectivity index (χ2v) is 6.25. The van der Waals surface area contributed by atoms with Gasteiger partial charge in [0.1, 0.15) is 16.8 Å². The quantitative estimate of drug-likeness (QED) is 0.695. The van der Waals surface area contributed by atoms with Crippen LogP contribution in [0.25, 0.3) is 0 Å². The van der Waals surface area contributed by atoms with Gasteiger partial charge in [-0.1, -0.05) is 23.7 Å². The van der Waals surface area contributed by atoms with Crippen LogP contribution in [-0.2, 0) is 23.3 Å². The van der Waals surface area contributed by atoms with Gasteiger partial charge in [-0.15, -0.1) is 0 Å². The normalized spacial score (nSPS) is 15.1. The molecule has 110 valence electrons. The predicted octanol–water partition coefficient (Wildman–Crippen LogP) is 2.85. The summed E-state index contributed by atoms with van der Waals surface area (Å²) >= 11 is 4.18. The molecule has 7 heteroatoms. The maximum absolute atomic E-state index is 10.9. The molecule has 1 aromatic heterocycles. The van der Waals surface area contributed by atoms with Gasteiger partial charge < -0.3 is 9.45 Å². The Hall–Kier alpha value is -1.50. The summed E-state index contributed by atoms with van der Waals surface area (Å²) in [6.07, 6.45) is 0.877. The van der Waals surface area contributed by atoms with E-state index in [4.69, 9.17) is 16.2 Å². The summed E-state index contributed by atoms with van der Waals surface area (Å²) < 4.78 is 19.9. The Labute approximate surface area is 130 Å². The first kappa shape index (κ1) is 14.4. The molecular formula is C14H14ClN3O2S. The molecule has 5 nitrogen and oxygen atoms in total. The van der Waals surface area contributed by atoms with Crippen LogP contribution in [-0.4, -0.2) is 25.3 Å². The van der Waals surface area contributed by atoms with E-state index in [9.17, 15) is 4.21 Å². The first-order chi connectivity index (χ1) is 10.0. The van der Waals surface area contributed by atoms with E-state index in [0.717, 1.165) is 35.6 Å². The monoisotopic (exact) mass is 323 g/mol. The van der Waals surface area contributed by atoms with Crippen LogP contribution < -0.4 is 4.90 Å². The largest absolute Gasteiger partial charge is 0.326 e. The lowest BCUT2D eigenvalue weighted by Gasteiger charge is -2.19. The van der Waals surface area contributed by atoms with E-state index in [-0.39, 0.29) is 5.75 Å². The van der Waals surface area contributed by atoms with Crippen LogP contribution in [0.3, 0.4) is 0 Å². The van der Waals surface area contributed by atoms with Crippen molar-refractivity contribution in [2.45, 2.75) is 19.1 Å². The van der Waals surface area contributed by atoms with Crippen molar-refractivity contribution in [2.75, 3.05) is 11.4 Å². The van der Waals surface area contributed by atoms with Crippen LogP contribution in [0.2, 0.25) is 5.15 Å². The summed E-state index contributed by atoms with van der Waals surface area (Å²) in [6.45, 7) is 2.62. The minimum Gasteiger partial charge on any atom is -0.326 e. The molecule has 1 N–H and O–H groups in total. The summed E-state index contributed by atoms with van der Waals surface area (Å²) in [4.78, 5) is 10.6. The lowest BCUT2D eigenvalue weighted by molar-refractivity contribution is 0.563. The van der Waals surface area contributed by atoms with Gasteiger partial charge in [-0.2, -0.15) is 0 Å². The molecule has 2 aromatic rings. The number of aromatic nitrogens is 2. The Kier molecular flexibility index (Phi) is 3.93. The molecule has 0 amide bonds. The first-order valence-electron chi connectivity index (χ1n) is 6.51. The molecule has 1 unspecified atom stereocenters. The Morgan fingerprint density at radius 3 is 2.90 bits per heavy atom. The van der Waals surface area contributed by atoms with Crippen molar-refractivity contribution in [1.29, 1.82) is 0 Å². The maximum Gasteiger partial charge on any atom is 0.157 e. The fourth-order valence-electron chi connectivity index (χ4n) is 2.58. The summed E-state index contributed by atoms with van der Waals surface area (Å²) in [5.41, 5.74) is 3.09. The highest BCUT2D eigenvalue weighted by molar-refractivity contribution is 7.78. The second kappa shape index (κ2) is 5.71. The molecule has 0 radical (unpaired) electrons. The van der Waals surface area contributed by atoms with Crippen molar-refractivity contribution in [2.24, 2.45) is 0 Å². The molecule has 1 atom stereocenters. The molecule has 2 heterocycles. The average Bonchev–Trinajstić information content (AvgIpc) is 2.79. The molecule has 21 heavy (non-hydrogen) atoms. The van der Waals surface area contributed by atoms with E-state index in [1.54, 1.807) is 6.07 Å². The minimum absolute atomic E-state index is 0.158. The van der Waals surface area contributed by atoms with E-state index in [2.05, 4.69) is 14.9 Å². The van der Waals surface area contributed by atoms with Gasteiger partial charge in [0.2, 0.25) is 0 Å². The van der Waals surface area contributed by atoms with Crippen LogP contribution in [0.5, 0.6) is 0 Å². The summed E-state index contributed by atoms with van der Waals surface area (Å²) in [7, 11) is 0. The number of fused-ring (bicyclic) bond motifs is 1. The third-order valence-corrected chi connectivity index (χ3v) is 4.17. The van der Waals surface area contributed by atoms with E-state index < -0.39 is 11.1 Å². The van der Waals surface area contributed by atoms with Gasteiger partial charge in [0, 0.05) is 18.3 Å². The van der Waals surface area contributed by atoms with Crippen molar-refractivity contribution in [1.82, 2.24) is 9.97 Å². The van der Waals surface area contributed by atoms with Crippen molar-refractivity contribution >= 4 is 34.2 Å². The van der Waals surface area contributed by atoms with E-state index in [0.29, 0.717) is 11.0 Å². The number of hydrogen-bond acceptors (Lipinski definition) is 4. The zero-order valence-electron chi connectivity index (χ0n) is 11.4. The standard InChI is InChI=1S/C14H14ClN3O2S/c1-9-16-13(15)7-14(17-9)18-5-4-11-6-10(8-21(19)20)2-3-12(11)18/h2-3,6-7H,4-5,8H2,1H3,(H,19,20). The molecule has 0 bridgehead atoms. The van der Waals surface area contributed by atoms with Crippen LogP contribution >= 0.6 is 11.6 Å². The number of benzene rings is 1. The van der Waals surface area contributed by atoms with Crippen molar-refractivity contribution in [3.05, 3.63) is 46.4 Å². The number of rotatable bonds is 3. The zero-order valence-corrected chi connectivity index (χ0v) is 13.0. The lowest BCUT2D eigenvalue weighted by atomic mass is 10.1. The first-order valence-corrected chi connectivity index (χ1v) is 8.16.